The largest absolute Gasteiger partial charge is 0.360 e. The molecule has 2 heterocycles. The Labute approximate surface area is 141 Å². The normalized spacial score (nSPS) is 27.0. The highest BCUT2D eigenvalue weighted by Crippen LogP contribution is 2.30. The van der Waals surface area contributed by atoms with Crippen LogP contribution in [0.2, 0.25) is 0 Å². The molecule has 0 bridgehead atoms. The molecular formula is C19H22N3O2+. The lowest BCUT2D eigenvalue weighted by Gasteiger charge is -2.34. The van der Waals surface area contributed by atoms with E-state index in [4.69, 9.17) is 0 Å². The number of rotatable bonds is 3. The molecular weight excluding hydrogens is 302 g/mol. The average molecular weight is 324 g/mol. The number of likely N-dealkylation sites (tertiary alicyclic amines) is 1. The zero-order chi connectivity index (χ0) is 16.5. The first-order valence-electron chi connectivity index (χ1n) is 8.58. The number of para-hydroxylation sites is 1. The van der Waals surface area contributed by atoms with Crippen LogP contribution < -0.4 is 9.80 Å². The molecule has 0 aromatic heterocycles. The second-order valence-corrected chi connectivity index (χ2v) is 6.66. The molecule has 2 atom stereocenters. The third kappa shape index (κ3) is 2.65. The Hall–Kier alpha value is -2.40. The first kappa shape index (κ1) is 15.1. The van der Waals surface area contributed by atoms with Gasteiger partial charge in [0.15, 0.2) is 6.67 Å². The fourth-order valence-corrected chi connectivity index (χ4v) is 3.80. The molecule has 2 fully saturated rings. The number of fused-ring (bicyclic) bond motifs is 1. The van der Waals surface area contributed by atoms with E-state index in [-0.39, 0.29) is 23.7 Å². The highest BCUT2D eigenvalue weighted by molar-refractivity contribution is 6.07. The van der Waals surface area contributed by atoms with Crippen LogP contribution in [0.15, 0.2) is 54.6 Å². The topological polar surface area (TPSA) is 45.1 Å². The van der Waals surface area contributed by atoms with Crippen LogP contribution in [-0.2, 0) is 9.59 Å². The molecule has 2 aliphatic heterocycles. The summed E-state index contributed by atoms with van der Waals surface area (Å²) in [5, 5.41) is 0. The third-order valence-corrected chi connectivity index (χ3v) is 5.21. The maximum absolute atomic E-state index is 12.5. The van der Waals surface area contributed by atoms with E-state index in [1.807, 2.05) is 30.4 Å². The molecule has 5 heteroatoms. The van der Waals surface area contributed by atoms with Gasteiger partial charge in [0.2, 0.25) is 11.8 Å². The molecule has 124 valence electrons. The SMILES string of the molecule is O=C1[C@H]2C=CC=C[C@H]2C(=O)N1C[NH+]1CCN(c2ccccc2)CC1. The standard InChI is InChI=1S/C19H21N3O2/c23-18-16-8-4-5-9-17(16)19(24)22(18)14-20-10-12-21(13-11-20)15-6-2-1-3-7-15/h1-9,16-17H,10-14H2/p+1/t16-,17+. The highest BCUT2D eigenvalue weighted by Gasteiger charge is 2.47. The second kappa shape index (κ2) is 6.24. The van der Waals surface area contributed by atoms with E-state index in [0.29, 0.717) is 6.67 Å². The van der Waals surface area contributed by atoms with Gasteiger partial charge in [-0.1, -0.05) is 42.5 Å². The van der Waals surface area contributed by atoms with E-state index >= 15 is 0 Å². The minimum Gasteiger partial charge on any atom is -0.360 e. The summed E-state index contributed by atoms with van der Waals surface area (Å²) in [5.41, 5.74) is 1.24. The Bertz CT molecular complexity index is 660. The van der Waals surface area contributed by atoms with Crippen LogP contribution >= 0.6 is 0 Å². The van der Waals surface area contributed by atoms with Crippen LogP contribution in [0.1, 0.15) is 0 Å². The number of quaternary nitrogens is 1. The smallest absolute Gasteiger partial charge is 0.241 e. The molecule has 0 spiro atoms. The summed E-state index contributed by atoms with van der Waals surface area (Å²) in [4.78, 5) is 30.2. The summed E-state index contributed by atoms with van der Waals surface area (Å²) in [6.07, 6.45) is 7.43. The Morgan fingerprint density at radius 2 is 1.50 bits per heavy atom. The minimum atomic E-state index is -0.285. The van der Waals surface area contributed by atoms with Crippen molar-refractivity contribution in [3.8, 4) is 0 Å². The minimum absolute atomic E-state index is 0.0383. The summed E-state index contributed by atoms with van der Waals surface area (Å²) in [7, 11) is 0. The fourth-order valence-electron chi connectivity index (χ4n) is 3.80. The first-order chi connectivity index (χ1) is 11.7. The summed E-state index contributed by atoms with van der Waals surface area (Å²) < 4.78 is 0. The van der Waals surface area contributed by atoms with Crippen LogP contribution in [0.5, 0.6) is 0 Å². The van der Waals surface area contributed by atoms with Crippen LogP contribution in [0, 0.1) is 11.8 Å². The van der Waals surface area contributed by atoms with E-state index in [1.54, 1.807) is 0 Å². The molecule has 2 amide bonds. The van der Waals surface area contributed by atoms with Gasteiger partial charge in [-0.15, -0.1) is 0 Å². The van der Waals surface area contributed by atoms with Gasteiger partial charge in [-0.05, 0) is 12.1 Å². The number of nitrogens with zero attached hydrogens (tertiary/aromatic N) is 2. The van der Waals surface area contributed by atoms with Gasteiger partial charge in [-0.2, -0.15) is 0 Å². The number of hydrogen-bond acceptors (Lipinski definition) is 3. The number of piperazine rings is 1. The number of carbonyl (C=O) groups excluding carboxylic acids is 2. The van der Waals surface area contributed by atoms with E-state index in [1.165, 1.54) is 15.5 Å². The number of amides is 2. The van der Waals surface area contributed by atoms with E-state index in [9.17, 15) is 9.59 Å². The van der Waals surface area contributed by atoms with Gasteiger partial charge in [-0.3, -0.25) is 9.59 Å². The zero-order valence-corrected chi connectivity index (χ0v) is 13.6. The first-order valence-corrected chi connectivity index (χ1v) is 8.58. The van der Waals surface area contributed by atoms with Crippen LogP contribution in [0.25, 0.3) is 0 Å². The number of allylic oxidation sites excluding steroid dienone is 2. The van der Waals surface area contributed by atoms with Crippen molar-refractivity contribution in [1.82, 2.24) is 4.90 Å². The molecule has 0 saturated carbocycles. The summed E-state index contributed by atoms with van der Waals surface area (Å²) >= 11 is 0. The Kier molecular flexibility index (Phi) is 3.94. The van der Waals surface area contributed by atoms with Crippen molar-refractivity contribution in [3.05, 3.63) is 54.6 Å². The molecule has 4 rings (SSSR count). The quantitative estimate of drug-likeness (QED) is 0.801. The molecule has 3 aliphatic rings. The molecule has 0 unspecified atom stereocenters. The van der Waals surface area contributed by atoms with Crippen molar-refractivity contribution in [2.75, 3.05) is 37.7 Å². The second-order valence-electron chi connectivity index (χ2n) is 6.66. The molecule has 1 aliphatic carbocycles. The van der Waals surface area contributed by atoms with Crippen LogP contribution in [-0.4, -0.2) is 49.6 Å². The predicted octanol–water partition coefficient (Wildman–Crippen LogP) is 0.0762. The van der Waals surface area contributed by atoms with E-state index in [2.05, 4.69) is 29.2 Å². The molecule has 24 heavy (non-hydrogen) atoms. The van der Waals surface area contributed by atoms with Crippen molar-refractivity contribution >= 4 is 17.5 Å². The average Bonchev–Trinajstić information content (AvgIpc) is 2.88. The Morgan fingerprint density at radius 1 is 0.917 bits per heavy atom. The summed E-state index contributed by atoms with van der Waals surface area (Å²) in [6, 6.07) is 10.4. The van der Waals surface area contributed by atoms with Crippen molar-refractivity contribution in [2.24, 2.45) is 11.8 Å². The predicted molar refractivity (Wildman–Crippen MR) is 91.3 cm³/mol. The van der Waals surface area contributed by atoms with Crippen LogP contribution in [0.3, 0.4) is 0 Å². The van der Waals surface area contributed by atoms with Gasteiger partial charge < -0.3 is 9.80 Å². The maximum Gasteiger partial charge on any atom is 0.241 e. The van der Waals surface area contributed by atoms with Gasteiger partial charge >= 0.3 is 0 Å². The van der Waals surface area contributed by atoms with Gasteiger partial charge in [0, 0.05) is 5.69 Å². The number of nitrogens with one attached hydrogen (secondary N) is 1. The van der Waals surface area contributed by atoms with Crippen molar-refractivity contribution in [1.29, 1.82) is 0 Å². The monoisotopic (exact) mass is 324 g/mol. The van der Waals surface area contributed by atoms with Gasteiger partial charge in [0.1, 0.15) is 0 Å². The highest BCUT2D eigenvalue weighted by atomic mass is 16.2. The van der Waals surface area contributed by atoms with Gasteiger partial charge in [-0.25, -0.2) is 4.90 Å². The molecule has 1 N–H and O–H groups in total. The lowest BCUT2D eigenvalue weighted by molar-refractivity contribution is -0.907. The van der Waals surface area contributed by atoms with E-state index < -0.39 is 0 Å². The molecule has 0 radical (unpaired) electrons. The lowest BCUT2D eigenvalue weighted by atomic mass is 9.91. The molecule has 2 saturated heterocycles. The number of benzene rings is 1. The van der Waals surface area contributed by atoms with Gasteiger partial charge in [0.05, 0.1) is 38.0 Å². The number of anilines is 1. The van der Waals surface area contributed by atoms with Crippen molar-refractivity contribution < 1.29 is 14.5 Å². The van der Waals surface area contributed by atoms with Crippen molar-refractivity contribution in [3.63, 3.8) is 0 Å². The fraction of sp³-hybridized carbons (Fsp3) is 0.368. The number of carbonyl (C=O) groups is 2. The molecule has 1 aromatic carbocycles. The zero-order valence-electron chi connectivity index (χ0n) is 13.6. The van der Waals surface area contributed by atoms with E-state index in [0.717, 1.165) is 26.2 Å². The third-order valence-electron chi connectivity index (χ3n) is 5.21. The van der Waals surface area contributed by atoms with Crippen LogP contribution in [0.4, 0.5) is 5.69 Å². The number of hydrogen-bond donors (Lipinski definition) is 1. The van der Waals surface area contributed by atoms with Gasteiger partial charge in [0.25, 0.3) is 0 Å². The summed E-state index contributed by atoms with van der Waals surface area (Å²) in [5.74, 6) is -0.646. The lowest BCUT2D eigenvalue weighted by Crippen LogP contribution is -3.16. The molecule has 5 nitrogen and oxygen atoms in total. The van der Waals surface area contributed by atoms with Crippen molar-refractivity contribution in [2.45, 2.75) is 0 Å². The molecule has 1 aromatic rings. The summed E-state index contributed by atoms with van der Waals surface area (Å²) in [6.45, 7) is 4.26. The maximum atomic E-state index is 12.5. The Balaban J connectivity index is 1.37. The Morgan fingerprint density at radius 3 is 2.08 bits per heavy atom. The number of imide groups is 1.